The molecule has 2 heterocycles. The van der Waals surface area contributed by atoms with Gasteiger partial charge in [-0.1, -0.05) is 18.2 Å². The van der Waals surface area contributed by atoms with Gasteiger partial charge in [0.15, 0.2) is 0 Å². The maximum absolute atomic E-state index is 14.2. The number of aromatic nitrogens is 2. The molecule has 2 N–H and O–H groups in total. The summed E-state index contributed by atoms with van der Waals surface area (Å²) < 4.78 is 19.4. The number of hydrogen-bond donors (Lipinski definition) is 2. The molecule has 0 unspecified atom stereocenters. The first kappa shape index (κ1) is 14.4. The fraction of sp³-hybridized carbons (Fsp3) is 0.111. The molecule has 3 aromatic rings. The van der Waals surface area contributed by atoms with Crippen molar-refractivity contribution in [2.75, 3.05) is 7.11 Å². The quantitative estimate of drug-likeness (QED) is 0.778. The number of halogens is 1. The highest BCUT2D eigenvalue weighted by atomic mass is 19.1. The molecule has 0 aliphatic carbocycles. The van der Waals surface area contributed by atoms with Gasteiger partial charge < -0.3 is 10.1 Å². The Morgan fingerprint density at radius 2 is 1.88 bits per heavy atom. The summed E-state index contributed by atoms with van der Waals surface area (Å²) in [5, 5.41) is 9.85. The highest BCUT2D eigenvalue weighted by Gasteiger charge is 2.36. The standard InChI is InChI=1S/C18H14FN3O2/c1-24-11-8-6-10(7-9-11)15-14-16(12-4-2-3-5-13(12)19)20-18(23)17(14)22-21-15/h2-9,16H,1H3,(H,20,23)(H,21,22)/t16-/m1/s1. The number of carbonyl (C=O) groups excluding carboxylic acids is 1. The van der Waals surface area contributed by atoms with Crippen molar-refractivity contribution in [2.24, 2.45) is 0 Å². The van der Waals surface area contributed by atoms with Crippen molar-refractivity contribution in [2.45, 2.75) is 6.04 Å². The van der Waals surface area contributed by atoms with Crippen LogP contribution in [0.15, 0.2) is 48.5 Å². The molecule has 0 spiro atoms. The predicted molar refractivity (Wildman–Crippen MR) is 86.3 cm³/mol. The van der Waals surface area contributed by atoms with E-state index >= 15 is 0 Å². The van der Waals surface area contributed by atoms with Gasteiger partial charge in [0.1, 0.15) is 17.3 Å². The zero-order chi connectivity index (χ0) is 16.7. The van der Waals surface area contributed by atoms with Gasteiger partial charge in [0, 0.05) is 16.7 Å². The first-order chi connectivity index (χ1) is 11.7. The summed E-state index contributed by atoms with van der Waals surface area (Å²) in [5.41, 5.74) is 2.90. The average molecular weight is 323 g/mol. The molecule has 120 valence electrons. The number of fused-ring (bicyclic) bond motifs is 1. The zero-order valence-corrected chi connectivity index (χ0v) is 12.8. The molecule has 1 atom stereocenters. The van der Waals surface area contributed by atoms with Gasteiger partial charge in [-0.3, -0.25) is 9.89 Å². The van der Waals surface area contributed by atoms with Crippen LogP contribution in [0.25, 0.3) is 11.3 Å². The molecule has 6 heteroatoms. The minimum absolute atomic E-state index is 0.287. The third-order valence-electron chi connectivity index (χ3n) is 4.17. The van der Waals surface area contributed by atoms with E-state index in [4.69, 9.17) is 4.74 Å². The minimum atomic E-state index is -0.565. The molecule has 4 rings (SSSR count). The van der Waals surface area contributed by atoms with E-state index in [2.05, 4.69) is 15.5 Å². The molecular formula is C18H14FN3O2. The number of benzene rings is 2. The second-order valence-corrected chi connectivity index (χ2v) is 5.52. The summed E-state index contributed by atoms with van der Waals surface area (Å²) in [6, 6.07) is 13.2. The monoisotopic (exact) mass is 323 g/mol. The molecule has 0 fully saturated rings. The molecule has 0 bridgehead atoms. The van der Waals surface area contributed by atoms with Crippen LogP contribution in [-0.2, 0) is 0 Å². The van der Waals surface area contributed by atoms with Crippen LogP contribution >= 0.6 is 0 Å². The van der Waals surface area contributed by atoms with Gasteiger partial charge in [0.25, 0.3) is 5.91 Å². The van der Waals surface area contributed by atoms with Crippen molar-refractivity contribution >= 4 is 5.91 Å². The summed E-state index contributed by atoms with van der Waals surface area (Å²) in [7, 11) is 1.60. The number of rotatable bonds is 3. The van der Waals surface area contributed by atoms with Crippen molar-refractivity contribution in [3.63, 3.8) is 0 Å². The normalized spacial score (nSPS) is 15.9. The number of amides is 1. The lowest BCUT2D eigenvalue weighted by molar-refractivity contribution is 0.0955. The highest BCUT2D eigenvalue weighted by Crippen LogP contribution is 2.38. The van der Waals surface area contributed by atoms with E-state index in [0.717, 1.165) is 11.3 Å². The van der Waals surface area contributed by atoms with Crippen LogP contribution in [0.1, 0.15) is 27.7 Å². The number of ether oxygens (including phenoxy) is 1. The summed E-state index contributed by atoms with van der Waals surface area (Å²) in [5.74, 6) is 0.0776. The van der Waals surface area contributed by atoms with E-state index in [1.54, 1.807) is 25.3 Å². The lowest BCUT2D eigenvalue weighted by Crippen LogP contribution is -2.21. The van der Waals surface area contributed by atoms with Crippen molar-refractivity contribution in [3.05, 3.63) is 71.2 Å². The summed E-state index contributed by atoms with van der Waals surface area (Å²) in [4.78, 5) is 12.2. The van der Waals surface area contributed by atoms with E-state index in [0.29, 0.717) is 22.5 Å². The second-order valence-electron chi connectivity index (χ2n) is 5.52. The Bertz CT molecular complexity index is 918. The summed E-state index contributed by atoms with van der Waals surface area (Å²) in [6.07, 6.45) is 0. The van der Waals surface area contributed by atoms with Crippen LogP contribution in [0.4, 0.5) is 4.39 Å². The maximum Gasteiger partial charge on any atom is 0.270 e. The molecule has 1 amide bonds. The van der Waals surface area contributed by atoms with Crippen molar-refractivity contribution in [1.29, 1.82) is 0 Å². The highest BCUT2D eigenvalue weighted by molar-refractivity contribution is 6.00. The molecule has 0 saturated heterocycles. The number of carbonyl (C=O) groups is 1. The summed E-state index contributed by atoms with van der Waals surface area (Å²) in [6.45, 7) is 0. The Balaban J connectivity index is 1.84. The first-order valence-electron chi connectivity index (χ1n) is 7.47. The van der Waals surface area contributed by atoms with E-state index in [9.17, 15) is 9.18 Å². The van der Waals surface area contributed by atoms with Crippen molar-refractivity contribution < 1.29 is 13.9 Å². The van der Waals surface area contributed by atoms with Gasteiger partial charge in [0.2, 0.25) is 0 Å². The minimum Gasteiger partial charge on any atom is -0.497 e. The SMILES string of the molecule is COc1ccc(-c2n[nH]c3c2[C@@H](c2ccccc2F)NC3=O)cc1. The smallest absolute Gasteiger partial charge is 0.270 e. The van der Waals surface area contributed by atoms with Gasteiger partial charge in [-0.05, 0) is 30.3 Å². The molecule has 0 radical (unpaired) electrons. The van der Waals surface area contributed by atoms with Gasteiger partial charge >= 0.3 is 0 Å². The van der Waals surface area contributed by atoms with Gasteiger partial charge in [-0.15, -0.1) is 0 Å². The van der Waals surface area contributed by atoms with Crippen LogP contribution in [-0.4, -0.2) is 23.2 Å². The predicted octanol–water partition coefficient (Wildman–Crippen LogP) is 3.06. The molecule has 0 saturated carbocycles. The Morgan fingerprint density at radius 3 is 2.58 bits per heavy atom. The Kier molecular flexibility index (Phi) is 3.30. The van der Waals surface area contributed by atoms with Crippen LogP contribution in [0.5, 0.6) is 5.75 Å². The largest absolute Gasteiger partial charge is 0.497 e. The van der Waals surface area contributed by atoms with Crippen LogP contribution < -0.4 is 10.1 Å². The third-order valence-corrected chi connectivity index (χ3v) is 4.17. The number of aromatic amines is 1. The lowest BCUT2D eigenvalue weighted by Gasteiger charge is -2.14. The van der Waals surface area contributed by atoms with Crippen LogP contribution in [0.2, 0.25) is 0 Å². The molecule has 2 aromatic carbocycles. The van der Waals surface area contributed by atoms with Gasteiger partial charge in [-0.2, -0.15) is 5.10 Å². The first-order valence-corrected chi connectivity index (χ1v) is 7.47. The lowest BCUT2D eigenvalue weighted by atomic mass is 9.96. The van der Waals surface area contributed by atoms with Crippen molar-refractivity contribution in [1.82, 2.24) is 15.5 Å². The Morgan fingerprint density at radius 1 is 1.12 bits per heavy atom. The maximum atomic E-state index is 14.2. The zero-order valence-electron chi connectivity index (χ0n) is 12.8. The van der Waals surface area contributed by atoms with Gasteiger partial charge in [0.05, 0.1) is 18.8 Å². The average Bonchev–Trinajstić information content (AvgIpc) is 3.17. The molecule has 1 aliphatic heterocycles. The summed E-state index contributed by atoms with van der Waals surface area (Å²) >= 11 is 0. The molecular weight excluding hydrogens is 309 g/mol. The number of H-pyrrole nitrogens is 1. The molecule has 5 nitrogen and oxygen atoms in total. The van der Waals surface area contributed by atoms with Crippen LogP contribution in [0.3, 0.4) is 0 Å². The van der Waals surface area contributed by atoms with E-state index in [1.165, 1.54) is 6.07 Å². The molecule has 1 aromatic heterocycles. The van der Waals surface area contributed by atoms with Crippen molar-refractivity contribution in [3.8, 4) is 17.0 Å². The number of nitrogens with one attached hydrogen (secondary N) is 2. The number of methoxy groups -OCH3 is 1. The third kappa shape index (κ3) is 2.15. The fourth-order valence-corrected chi connectivity index (χ4v) is 2.99. The topological polar surface area (TPSA) is 67.0 Å². The molecule has 24 heavy (non-hydrogen) atoms. The van der Waals surface area contributed by atoms with E-state index in [1.807, 2.05) is 24.3 Å². The Hall–Kier alpha value is -3.15. The van der Waals surface area contributed by atoms with E-state index < -0.39 is 6.04 Å². The second kappa shape index (κ2) is 5.49. The van der Waals surface area contributed by atoms with E-state index in [-0.39, 0.29) is 11.7 Å². The fourth-order valence-electron chi connectivity index (χ4n) is 2.99. The van der Waals surface area contributed by atoms with Gasteiger partial charge in [-0.25, -0.2) is 4.39 Å². The van der Waals surface area contributed by atoms with Crippen LogP contribution in [0, 0.1) is 5.82 Å². The molecule has 1 aliphatic rings. The number of nitrogens with zero attached hydrogens (tertiary/aromatic N) is 1. The number of hydrogen-bond acceptors (Lipinski definition) is 3. The Labute approximate surface area is 137 Å².